The Kier molecular flexibility index (Phi) is 6.68. The van der Waals surface area contributed by atoms with Gasteiger partial charge >= 0.3 is 6.18 Å². The van der Waals surface area contributed by atoms with Gasteiger partial charge in [-0.25, -0.2) is 9.67 Å². The topological polar surface area (TPSA) is 59.3 Å². The van der Waals surface area contributed by atoms with Gasteiger partial charge in [0.15, 0.2) is 11.5 Å². The first-order chi connectivity index (χ1) is 16.0. The van der Waals surface area contributed by atoms with Gasteiger partial charge in [0.2, 0.25) is 5.91 Å². The number of amides is 1. The van der Waals surface area contributed by atoms with Crippen LogP contribution in [0.2, 0.25) is 15.1 Å². The lowest BCUT2D eigenvalue weighted by molar-refractivity contribution is -0.141. The van der Waals surface area contributed by atoms with Crippen molar-refractivity contribution in [3.63, 3.8) is 0 Å². The molecule has 1 amide bonds. The molecule has 0 aliphatic carbocycles. The van der Waals surface area contributed by atoms with Gasteiger partial charge in [-0.05, 0) is 48.7 Å². The van der Waals surface area contributed by atoms with Crippen LogP contribution < -0.4 is 5.32 Å². The standard InChI is InChI=1S/C23H18Cl3F3N4O/c1-11-4-3-5-15(24)14(11)10-30-22(34)20-12(2)31-19-9-18(23(27,28)29)32-33(19)21(20)13-6-7-16(25)17(26)8-13/h3-9,20-21H,10H2,1-2H3,(H,30,34). The lowest BCUT2D eigenvalue weighted by Crippen LogP contribution is -2.42. The first kappa shape index (κ1) is 24.6. The van der Waals surface area contributed by atoms with E-state index in [1.807, 2.05) is 13.0 Å². The number of halogens is 6. The van der Waals surface area contributed by atoms with Gasteiger partial charge in [0.1, 0.15) is 5.92 Å². The molecule has 0 saturated carbocycles. The van der Waals surface area contributed by atoms with Crippen LogP contribution in [0.5, 0.6) is 0 Å². The highest BCUT2D eigenvalue weighted by Gasteiger charge is 2.42. The Morgan fingerprint density at radius 2 is 1.79 bits per heavy atom. The first-order valence-corrected chi connectivity index (χ1v) is 11.3. The predicted octanol–water partition coefficient (Wildman–Crippen LogP) is 6.80. The summed E-state index contributed by atoms with van der Waals surface area (Å²) in [6.07, 6.45) is -4.67. The van der Waals surface area contributed by atoms with Gasteiger partial charge in [-0.3, -0.25) is 4.79 Å². The van der Waals surface area contributed by atoms with Gasteiger partial charge < -0.3 is 5.32 Å². The number of carbonyl (C=O) groups excluding carboxylic acids is 1. The van der Waals surface area contributed by atoms with Crippen LogP contribution in [0.1, 0.15) is 35.3 Å². The van der Waals surface area contributed by atoms with E-state index in [9.17, 15) is 18.0 Å². The Balaban J connectivity index is 1.76. The maximum absolute atomic E-state index is 13.4. The molecule has 34 heavy (non-hydrogen) atoms. The molecule has 178 valence electrons. The summed E-state index contributed by atoms with van der Waals surface area (Å²) in [5, 5.41) is 7.58. The summed E-state index contributed by atoms with van der Waals surface area (Å²) in [7, 11) is 0. The van der Waals surface area contributed by atoms with Crippen molar-refractivity contribution in [2.75, 3.05) is 0 Å². The zero-order valence-corrected chi connectivity index (χ0v) is 20.2. The van der Waals surface area contributed by atoms with E-state index in [4.69, 9.17) is 34.8 Å². The highest BCUT2D eigenvalue weighted by Crippen LogP contribution is 2.41. The molecule has 2 heterocycles. The molecule has 0 bridgehead atoms. The number of rotatable bonds is 4. The molecule has 11 heteroatoms. The zero-order valence-electron chi connectivity index (χ0n) is 17.9. The maximum atomic E-state index is 13.4. The highest BCUT2D eigenvalue weighted by molar-refractivity contribution is 6.42. The summed E-state index contributed by atoms with van der Waals surface area (Å²) in [5.74, 6) is -1.40. The molecular formula is C23H18Cl3F3N4O. The molecule has 0 radical (unpaired) electrons. The zero-order chi connectivity index (χ0) is 24.8. The number of alkyl halides is 3. The normalized spacial score (nSPS) is 17.8. The average molecular weight is 530 g/mol. The molecule has 0 spiro atoms. The van der Waals surface area contributed by atoms with Crippen LogP contribution in [0.3, 0.4) is 0 Å². The summed E-state index contributed by atoms with van der Waals surface area (Å²) in [6, 6.07) is 9.97. The molecule has 2 aromatic carbocycles. The van der Waals surface area contributed by atoms with Crippen LogP contribution in [0.25, 0.3) is 0 Å². The van der Waals surface area contributed by atoms with E-state index >= 15 is 0 Å². The Labute approximate surface area is 208 Å². The van der Waals surface area contributed by atoms with E-state index in [1.165, 1.54) is 12.1 Å². The molecule has 3 aromatic rings. The van der Waals surface area contributed by atoms with Crippen molar-refractivity contribution < 1.29 is 18.0 Å². The molecule has 1 N–H and O–H groups in total. The van der Waals surface area contributed by atoms with Crippen molar-refractivity contribution >= 4 is 52.2 Å². The third kappa shape index (κ3) is 4.67. The first-order valence-electron chi connectivity index (χ1n) is 10.2. The smallest absolute Gasteiger partial charge is 0.351 e. The second-order valence-corrected chi connectivity index (χ2v) is 9.15. The van der Waals surface area contributed by atoms with Gasteiger partial charge in [0, 0.05) is 23.3 Å². The molecule has 1 aromatic heterocycles. The third-order valence-corrected chi connectivity index (χ3v) is 6.78. The van der Waals surface area contributed by atoms with Crippen LogP contribution in [0.15, 0.2) is 47.5 Å². The summed E-state index contributed by atoms with van der Waals surface area (Å²) in [6.45, 7) is 3.61. The van der Waals surface area contributed by atoms with Crippen molar-refractivity contribution in [1.82, 2.24) is 15.1 Å². The molecule has 2 atom stereocenters. The van der Waals surface area contributed by atoms with Crippen LogP contribution in [0.4, 0.5) is 19.0 Å². The van der Waals surface area contributed by atoms with Crippen LogP contribution in [0, 0.1) is 12.8 Å². The van der Waals surface area contributed by atoms with Gasteiger partial charge in [-0.2, -0.15) is 18.3 Å². The minimum absolute atomic E-state index is 0.00750. The molecule has 4 rings (SSSR count). The van der Waals surface area contributed by atoms with Crippen molar-refractivity contribution in [3.05, 3.63) is 79.9 Å². The molecule has 5 nitrogen and oxygen atoms in total. The molecule has 1 aliphatic rings. The molecule has 2 unspecified atom stereocenters. The van der Waals surface area contributed by atoms with Crippen molar-refractivity contribution in [3.8, 4) is 0 Å². The number of aromatic nitrogens is 2. The fraction of sp³-hybridized carbons (Fsp3) is 0.261. The van der Waals surface area contributed by atoms with E-state index in [1.54, 1.807) is 25.1 Å². The summed E-state index contributed by atoms with van der Waals surface area (Å²) < 4.78 is 41.3. The molecule has 0 saturated heterocycles. The number of hydrogen-bond acceptors (Lipinski definition) is 3. The van der Waals surface area contributed by atoms with Crippen LogP contribution in [-0.2, 0) is 17.5 Å². The van der Waals surface area contributed by atoms with Crippen LogP contribution in [-0.4, -0.2) is 21.4 Å². The Hall–Kier alpha value is -2.55. The minimum atomic E-state index is -4.67. The number of hydrogen-bond donors (Lipinski definition) is 1. The van der Waals surface area contributed by atoms with E-state index in [-0.39, 0.29) is 22.4 Å². The number of fused-ring (bicyclic) bond motifs is 1. The fourth-order valence-corrected chi connectivity index (χ4v) is 4.57. The lowest BCUT2D eigenvalue weighted by atomic mass is 9.87. The number of aryl methyl sites for hydroxylation is 1. The van der Waals surface area contributed by atoms with Crippen LogP contribution >= 0.6 is 34.8 Å². The monoisotopic (exact) mass is 528 g/mol. The molecular weight excluding hydrogens is 512 g/mol. The van der Waals surface area contributed by atoms with Crippen molar-refractivity contribution in [2.45, 2.75) is 32.6 Å². The van der Waals surface area contributed by atoms with E-state index in [0.29, 0.717) is 16.3 Å². The lowest BCUT2D eigenvalue weighted by Gasteiger charge is -2.31. The average Bonchev–Trinajstić information content (AvgIpc) is 3.18. The summed E-state index contributed by atoms with van der Waals surface area (Å²) in [4.78, 5) is 17.7. The highest BCUT2D eigenvalue weighted by atomic mass is 35.5. The minimum Gasteiger partial charge on any atom is -0.351 e. The number of nitrogens with zero attached hydrogens (tertiary/aromatic N) is 3. The maximum Gasteiger partial charge on any atom is 0.435 e. The van der Waals surface area contributed by atoms with E-state index < -0.39 is 29.7 Å². The second-order valence-electron chi connectivity index (χ2n) is 7.93. The summed E-state index contributed by atoms with van der Waals surface area (Å²) in [5.41, 5.74) is 1.35. The van der Waals surface area contributed by atoms with Gasteiger partial charge in [-0.1, -0.05) is 53.0 Å². The Bertz CT molecular complexity index is 1280. The van der Waals surface area contributed by atoms with Gasteiger partial charge in [-0.15, -0.1) is 0 Å². The van der Waals surface area contributed by atoms with Crippen molar-refractivity contribution in [1.29, 1.82) is 0 Å². The fourth-order valence-electron chi connectivity index (χ4n) is 3.97. The number of aliphatic imine (C=N–C) groups is 1. The largest absolute Gasteiger partial charge is 0.435 e. The van der Waals surface area contributed by atoms with E-state index in [0.717, 1.165) is 21.9 Å². The number of nitrogens with one attached hydrogen (secondary N) is 1. The predicted molar refractivity (Wildman–Crippen MR) is 126 cm³/mol. The van der Waals surface area contributed by atoms with Gasteiger partial charge in [0.05, 0.1) is 16.1 Å². The number of carbonyl (C=O) groups is 1. The van der Waals surface area contributed by atoms with E-state index in [2.05, 4.69) is 15.4 Å². The SMILES string of the molecule is CC1=Nc2cc(C(F)(F)F)nn2C(c2ccc(Cl)c(Cl)c2)C1C(=O)NCc1c(C)cccc1Cl. The molecule has 0 fully saturated rings. The van der Waals surface area contributed by atoms with Gasteiger partial charge in [0.25, 0.3) is 0 Å². The quantitative estimate of drug-likeness (QED) is 0.404. The van der Waals surface area contributed by atoms with Crippen molar-refractivity contribution in [2.24, 2.45) is 10.9 Å². The Morgan fingerprint density at radius 1 is 1.06 bits per heavy atom. The molecule has 1 aliphatic heterocycles. The Morgan fingerprint density at radius 3 is 2.44 bits per heavy atom. The second kappa shape index (κ2) is 9.24. The third-order valence-electron chi connectivity index (χ3n) is 5.69. The summed E-state index contributed by atoms with van der Waals surface area (Å²) >= 11 is 18.5. The number of benzene rings is 2.